The second-order valence-corrected chi connectivity index (χ2v) is 9.58. The number of rotatable bonds is 7. The van der Waals surface area contributed by atoms with Gasteiger partial charge in [-0.15, -0.1) is 0 Å². The average molecular weight is 557 g/mol. The number of fused-ring (bicyclic) bond motifs is 1. The third kappa shape index (κ3) is 4.70. The Kier molecular flexibility index (Phi) is 7.57. The van der Waals surface area contributed by atoms with E-state index in [0.29, 0.717) is 50.7 Å². The van der Waals surface area contributed by atoms with Gasteiger partial charge >= 0.3 is 5.97 Å². The highest BCUT2D eigenvalue weighted by Crippen LogP contribution is 2.36. The van der Waals surface area contributed by atoms with Crippen LogP contribution in [0.5, 0.6) is 11.5 Å². The number of hydrogen-bond acceptors (Lipinski definition) is 7. The van der Waals surface area contributed by atoms with Crippen LogP contribution in [-0.2, 0) is 9.53 Å². The lowest BCUT2D eigenvalue weighted by atomic mass is 9.95. The van der Waals surface area contributed by atoms with Crippen molar-refractivity contribution in [1.29, 1.82) is 0 Å². The summed E-state index contributed by atoms with van der Waals surface area (Å²) in [5, 5.41) is 0. The minimum absolute atomic E-state index is 0.249. The van der Waals surface area contributed by atoms with E-state index in [1.54, 1.807) is 17.8 Å². The number of benzene rings is 2. The molecule has 0 saturated carbocycles. The fraction of sp³-hybridized carbons (Fsp3) is 0.269. The molecule has 1 aromatic heterocycles. The van der Waals surface area contributed by atoms with Crippen molar-refractivity contribution in [2.45, 2.75) is 26.3 Å². The maximum absolute atomic E-state index is 13.8. The van der Waals surface area contributed by atoms with E-state index < -0.39 is 12.0 Å². The van der Waals surface area contributed by atoms with Gasteiger partial charge in [0.25, 0.3) is 5.56 Å². The van der Waals surface area contributed by atoms with Gasteiger partial charge in [-0.3, -0.25) is 9.36 Å². The zero-order chi connectivity index (χ0) is 25.1. The average Bonchev–Trinajstić information content (AvgIpc) is 3.18. The predicted molar refractivity (Wildman–Crippen MR) is 139 cm³/mol. The molecule has 1 aliphatic rings. The minimum atomic E-state index is -0.639. The number of hydrogen-bond donors (Lipinski definition) is 0. The fourth-order valence-corrected chi connectivity index (χ4v) is 5.57. The first-order valence-electron chi connectivity index (χ1n) is 11.1. The number of halogens is 1. The molecule has 7 nitrogen and oxygen atoms in total. The Morgan fingerprint density at radius 2 is 1.94 bits per heavy atom. The number of methoxy groups -OCH3 is 2. The standard InChI is InChI=1S/C26H25BrN2O5S/c1-5-18-21(25(31)33-4)22(15-10-8-7-9-11-15)29-24(30)20(35-26(29)28-18)13-16-12-17(27)14-19(32-3)23(16)34-6-2/h7-14,22H,5-6H2,1-4H3/b20-13+/t22-/m0/s1. The van der Waals surface area contributed by atoms with Gasteiger partial charge < -0.3 is 14.2 Å². The normalized spacial score (nSPS) is 15.5. The third-order valence-electron chi connectivity index (χ3n) is 5.61. The molecule has 0 spiro atoms. The number of esters is 1. The quantitative estimate of drug-likeness (QED) is 0.411. The van der Waals surface area contributed by atoms with E-state index in [-0.39, 0.29) is 5.56 Å². The van der Waals surface area contributed by atoms with Crippen molar-refractivity contribution in [3.8, 4) is 11.5 Å². The number of carbonyl (C=O) groups excluding carboxylic acids is 1. The van der Waals surface area contributed by atoms with Crippen LogP contribution < -0.4 is 24.4 Å². The maximum atomic E-state index is 13.8. The smallest absolute Gasteiger partial charge is 0.338 e. The lowest BCUT2D eigenvalue weighted by Gasteiger charge is -2.25. The van der Waals surface area contributed by atoms with Crippen LogP contribution in [0.4, 0.5) is 0 Å². The largest absolute Gasteiger partial charge is 0.493 e. The minimum Gasteiger partial charge on any atom is -0.493 e. The molecule has 0 fully saturated rings. The van der Waals surface area contributed by atoms with Crippen LogP contribution >= 0.6 is 27.3 Å². The lowest BCUT2D eigenvalue weighted by molar-refractivity contribution is -0.136. The molecule has 0 bridgehead atoms. The van der Waals surface area contributed by atoms with Crippen molar-refractivity contribution in [1.82, 2.24) is 4.57 Å². The van der Waals surface area contributed by atoms with Gasteiger partial charge in [0.1, 0.15) is 0 Å². The lowest BCUT2D eigenvalue weighted by Crippen LogP contribution is -2.40. The van der Waals surface area contributed by atoms with Gasteiger partial charge in [0.2, 0.25) is 0 Å². The van der Waals surface area contributed by atoms with E-state index in [2.05, 4.69) is 15.9 Å². The SMILES string of the molecule is CCOc1c(/C=c2/sc3n(c2=O)[C@@H](c2ccccc2)C(C(=O)OC)=C(CC)N=3)cc(Br)cc1OC. The van der Waals surface area contributed by atoms with Crippen molar-refractivity contribution >= 4 is 39.3 Å². The molecular formula is C26H25BrN2O5S. The molecule has 9 heteroatoms. The molecule has 1 aliphatic heterocycles. The Morgan fingerprint density at radius 3 is 2.57 bits per heavy atom. The van der Waals surface area contributed by atoms with Crippen LogP contribution in [0.1, 0.15) is 37.4 Å². The fourth-order valence-electron chi connectivity index (χ4n) is 4.10. The summed E-state index contributed by atoms with van der Waals surface area (Å²) in [5.74, 6) is 0.612. The number of aromatic nitrogens is 1. The number of thiazole rings is 1. The summed E-state index contributed by atoms with van der Waals surface area (Å²) in [6.45, 7) is 4.26. The molecule has 0 unspecified atom stereocenters. The second kappa shape index (κ2) is 10.6. The number of allylic oxidation sites excluding steroid dienone is 1. The molecule has 1 atom stereocenters. The van der Waals surface area contributed by atoms with E-state index >= 15 is 0 Å². The van der Waals surface area contributed by atoms with Gasteiger partial charge in [0.05, 0.1) is 42.7 Å². The molecule has 3 aromatic rings. The molecule has 35 heavy (non-hydrogen) atoms. The van der Waals surface area contributed by atoms with E-state index in [9.17, 15) is 9.59 Å². The summed E-state index contributed by atoms with van der Waals surface area (Å²) < 4.78 is 19.3. The highest BCUT2D eigenvalue weighted by atomic mass is 79.9. The van der Waals surface area contributed by atoms with Gasteiger partial charge in [-0.2, -0.15) is 0 Å². The van der Waals surface area contributed by atoms with Gasteiger partial charge in [0, 0.05) is 10.0 Å². The Morgan fingerprint density at radius 1 is 1.20 bits per heavy atom. The molecule has 0 aliphatic carbocycles. The molecule has 2 heterocycles. The first-order valence-corrected chi connectivity index (χ1v) is 12.7. The van der Waals surface area contributed by atoms with Crippen molar-refractivity contribution in [2.75, 3.05) is 20.8 Å². The van der Waals surface area contributed by atoms with Crippen molar-refractivity contribution < 1.29 is 19.0 Å². The van der Waals surface area contributed by atoms with Crippen molar-refractivity contribution in [3.05, 3.63) is 89.0 Å². The Hall–Kier alpha value is -3.17. The first kappa shape index (κ1) is 24.9. The van der Waals surface area contributed by atoms with E-state index in [0.717, 1.165) is 10.0 Å². The Balaban J connectivity index is 2.01. The van der Waals surface area contributed by atoms with Crippen LogP contribution in [0.3, 0.4) is 0 Å². The molecule has 2 aromatic carbocycles. The molecule has 182 valence electrons. The van der Waals surface area contributed by atoms with Crippen molar-refractivity contribution in [3.63, 3.8) is 0 Å². The van der Waals surface area contributed by atoms with Crippen LogP contribution in [0.2, 0.25) is 0 Å². The van der Waals surface area contributed by atoms with Crippen LogP contribution in [-0.4, -0.2) is 31.4 Å². The molecule has 4 rings (SSSR count). The van der Waals surface area contributed by atoms with Crippen LogP contribution in [0, 0.1) is 0 Å². The number of carbonyl (C=O) groups is 1. The van der Waals surface area contributed by atoms with Gasteiger partial charge in [-0.25, -0.2) is 9.79 Å². The van der Waals surface area contributed by atoms with E-state index in [4.69, 9.17) is 19.2 Å². The van der Waals surface area contributed by atoms with Crippen LogP contribution in [0.15, 0.2) is 68.0 Å². The zero-order valence-corrected chi connectivity index (χ0v) is 22.2. The predicted octanol–water partition coefficient (Wildman–Crippen LogP) is 3.97. The molecule has 0 saturated heterocycles. The maximum Gasteiger partial charge on any atom is 0.338 e. The summed E-state index contributed by atoms with van der Waals surface area (Å²) in [7, 11) is 2.91. The molecular weight excluding hydrogens is 532 g/mol. The summed E-state index contributed by atoms with van der Waals surface area (Å²) >= 11 is 4.78. The summed E-state index contributed by atoms with van der Waals surface area (Å²) in [5.41, 5.74) is 2.24. The monoisotopic (exact) mass is 556 g/mol. The summed E-state index contributed by atoms with van der Waals surface area (Å²) in [4.78, 5) is 31.9. The molecule has 0 N–H and O–H groups in total. The Labute approximate surface area is 215 Å². The topological polar surface area (TPSA) is 79.1 Å². The highest BCUT2D eigenvalue weighted by molar-refractivity contribution is 9.10. The zero-order valence-electron chi connectivity index (χ0n) is 19.8. The van der Waals surface area contributed by atoms with Crippen LogP contribution in [0.25, 0.3) is 6.08 Å². The van der Waals surface area contributed by atoms with Gasteiger partial charge in [-0.1, -0.05) is 64.5 Å². The van der Waals surface area contributed by atoms with Crippen molar-refractivity contribution in [2.24, 2.45) is 4.99 Å². The summed E-state index contributed by atoms with van der Waals surface area (Å²) in [6, 6.07) is 12.5. The third-order valence-corrected chi connectivity index (χ3v) is 7.05. The van der Waals surface area contributed by atoms with E-state index in [1.807, 2.05) is 56.3 Å². The second-order valence-electron chi connectivity index (χ2n) is 7.66. The van der Waals surface area contributed by atoms with Gasteiger partial charge in [0.15, 0.2) is 16.3 Å². The Bertz CT molecular complexity index is 1470. The number of nitrogens with zero attached hydrogens (tertiary/aromatic N) is 2. The van der Waals surface area contributed by atoms with Gasteiger partial charge in [-0.05, 0) is 37.1 Å². The summed E-state index contributed by atoms with van der Waals surface area (Å²) in [6.07, 6.45) is 2.30. The molecule has 0 amide bonds. The molecule has 0 radical (unpaired) electrons. The first-order chi connectivity index (χ1) is 16.9. The van der Waals surface area contributed by atoms with E-state index in [1.165, 1.54) is 18.4 Å². The number of ether oxygens (including phenoxy) is 3. The highest BCUT2D eigenvalue weighted by Gasteiger charge is 2.33.